The smallest absolute Gasteiger partial charge is 0.167 e. The van der Waals surface area contributed by atoms with Crippen molar-refractivity contribution in [2.24, 2.45) is 5.92 Å². The Balaban J connectivity index is 2.43. The zero-order chi connectivity index (χ0) is 12.4. The van der Waals surface area contributed by atoms with Crippen molar-refractivity contribution in [3.63, 3.8) is 0 Å². The average molecular weight is 311 g/mol. The lowest BCUT2D eigenvalue weighted by Crippen LogP contribution is -2.10. The molecule has 3 heteroatoms. The number of Topliss-reactive ketones (excluding diaryl/α,β-unsaturated/α-hetero) is 1. The van der Waals surface area contributed by atoms with E-state index in [-0.39, 0.29) is 11.7 Å². The van der Waals surface area contributed by atoms with E-state index in [1.807, 2.05) is 30.5 Å². The normalized spacial score (nSPS) is 12.9. The molecule has 17 heavy (non-hydrogen) atoms. The minimum absolute atomic E-state index is 0.122. The second-order valence-electron chi connectivity index (χ2n) is 4.32. The number of rotatable bonds is 4. The van der Waals surface area contributed by atoms with E-state index in [1.54, 1.807) is 11.3 Å². The summed E-state index contributed by atoms with van der Waals surface area (Å²) in [7, 11) is 0. The van der Waals surface area contributed by atoms with Gasteiger partial charge in [-0.2, -0.15) is 0 Å². The molecule has 1 atom stereocenters. The summed E-state index contributed by atoms with van der Waals surface area (Å²) < 4.78 is 2.24. The molecular weight excluding hydrogens is 296 g/mol. The Morgan fingerprint density at radius 1 is 1.47 bits per heavy atom. The molecule has 0 N–H and O–H groups in total. The highest BCUT2D eigenvalue weighted by atomic mass is 79.9. The minimum atomic E-state index is 0.122. The summed E-state index contributed by atoms with van der Waals surface area (Å²) in [6.45, 7) is 4.14. The van der Waals surface area contributed by atoms with E-state index in [1.165, 1.54) is 4.70 Å². The zero-order valence-electron chi connectivity index (χ0n) is 10.00. The zero-order valence-corrected chi connectivity index (χ0v) is 12.4. The van der Waals surface area contributed by atoms with Gasteiger partial charge in [0, 0.05) is 31.4 Å². The van der Waals surface area contributed by atoms with Gasteiger partial charge in [-0.25, -0.2) is 0 Å². The van der Waals surface area contributed by atoms with Gasteiger partial charge in [0.1, 0.15) is 0 Å². The molecule has 1 aromatic carbocycles. The molecule has 0 spiro atoms. The van der Waals surface area contributed by atoms with Crippen LogP contribution in [0.4, 0.5) is 0 Å². The summed E-state index contributed by atoms with van der Waals surface area (Å²) in [5, 5.41) is 3.07. The maximum absolute atomic E-state index is 12.3. The Morgan fingerprint density at radius 3 is 2.94 bits per heavy atom. The van der Waals surface area contributed by atoms with Crippen LogP contribution in [0, 0.1) is 5.92 Å². The highest BCUT2D eigenvalue weighted by molar-refractivity contribution is 9.10. The Hall–Kier alpha value is -0.670. The molecule has 0 aliphatic rings. The van der Waals surface area contributed by atoms with Crippen LogP contribution in [0.3, 0.4) is 0 Å². The summed E-state index contributed by atoms with van der Waals surface area (Å²) in [5.41, 5.74) is 0.882. The fourth-order valence-corrected chi connectivity index (χ4v) is 3.65. The number of carbonyl (C=O) groups is 1. The summed E-state index contributed by atoms with van der Waals surface area (Å²) in [6.07, 6.45) is 2.02. The van der Waals surface area contributed by atoms with E-state index >= 15 is 0 Å². The van der Waals surface area contributed by atoms with Crippen LogP contribution in [0.25, 0.3) is 10.1 Å². The van der Waals surface area contributed by atoms with Crippen LogP contribution in [0.5, 0.6) is 0 Å². The van der Waals surface area contributed by atoms with Crippen LogP contribution in [0.1, 0.15) is 37.0 Å². The van der Waals surface area contributed by atoms with Crippen LogP contribution >= 0.6 is 27.3 Å². The quantitative estimate of drug-likeness (QED) is 0.702. The first-order chi connectivity index (χ1) is 8.15. The third-order valence-corrected chi connectivity index (χ3v) is 4.94. The Kier molecular flexibility index (Phi) is 4.00. The van der Waals surface area contributed by atoms with Gasteiger partial charge in [0.15, 0.2) is 5.78 Å². The molecular formula is C14H15BrOS. The van der Waals surface area contributed by atoms with Gasteiger partial charge < -0.3 is 0 Å². The Morgan fingerprint density at radius 2 is 2.24 bits per heavy atom. The van der Waals surface area contributed by atoms with Crippen molar-refractivity contribution in [1.29, 1.82) is 0 Å². The van der Waals surface area contributed by atoms with Gasteiger partial charge >= 0.3 is 0 Å². The summed E-state index contributed by atoms with van der Waals surface area (Å²) in [6, 6.07) is 6.03. The first-order valence-electron chi connectivity index (χ1n) is 5.85. The average Bonchev–Trinajstić information content (AvgIpc) is 2.73. The largest absolute Gasteiger partial charge is 0.294 e. The first-order valence-corrected chi connectivity index (χ1v) is 7.52. The second-order valence-corrected chi connectivity index (χ2v) is 6.05. The third-order valence-electron chi connectivity index (χ3n) is 2.99. The van der Waals surface area contributed by atoms with E-state index in [4.69, 9.17) is 0 Å². The highest BCUT2D eigenvalue weighted by Gasteiger charge is 2.18. The van der Waals surface area contributed by atoms with E-state index in [9.17, 15) is 4.79 Å². The summed E-state index contributed by atoms with van der Waals surface area (Å²) in [4.78, 5) is 12.3. The molecule has 0 radical (unpaired) electrons. The predicted octanol–water partition coefficient (Wildman–Crippen LogP) is 5.28. The van der Waals surface area contributed by atoms with Gasteiger partial charge in [-0.05, 0) is 28.4 Å². The molecule has 0 aliphatic heterocycles. The molecule has 2 aromatic rings. The molecule has 0 fully saturated rings. The van der Waals surface area contributed by atoms with Crippen LogP contribution in [0.15, 0.2) is 28.1 Å². The van der Waals surface area contributed by atoms with Crippen LogP contribution in [-0.2, 0) is 0 Å². The van der Waals surface area contributed by atoms with Gasteiger partial charge in [0.2, 0.25) is 0 Å². The molecule has 1 aromatic heterocycles. The molecule has 90 valence electrons. The maximum Gasteiger partial charge on any atom is 0.167 e. The number of carbonyl (C=O) groups excluding carboxylic acids is 1. The maximum atomic E-state index is 12.3. The van der Waals surface area contributed by atoms with Crippen molar-refractivity contribution >= 4 is 43.1 Å². The van der Waals surface area contributed by atoms with Crippen molar-refractivity contribution in [2.75, 3.05) is 0 Å². The van der Waals surface area contributed by atoms with Gasteiger partial charge in [0.05, 0.1) is 0 Å². The summed E-state index contributed by atoms with van der Waals surface area (Å²) in [5.74, 6) is 0.396. The lowest BCUT2D eigenvalue weighted by molar-refractivity contribution is 0.0925. The molecule has 0 saturated carbocycles. The molecule has 0 aliphatic carbocycles. The van der Waals surface area contributed by atoms with Crippen LogP contribution in [-0.4, -0.2) is 5.78 Å². The van der Waals surface area contributed by atoms with Crippen LogP contribution in [0.2, 0.25) is 0 Å². The number of hydrogen-bond acceptors (Lipinski definition) is 2. The van der Waals surface area contributed by atoms with Crippen molar-refractivity contribution in [1.82, 2.24) is 0 Å². The van der Waals surface area contributed by atoms with Crippen molar-refractivity contribution < 1.29 is 4.79 Å². The van der Waals surface area contributed by atoms with Gasteiger partial charge in [-0.3, -0.25) is 4.79 Å². The van der Waals surface area contributed by atoms with Gasteiger partial charge in [0.25, 0.3) is 0 Å². The SMILES string of the molecule is CCCC(C)C(=O)c1csc2c(Br)cccc12. The highest BCUT2D eigenvalue weighted by Crippen LogP contribution is 2.33. The lowest BCUT2D eigenvalue weighted by Gasteiger charge is -2.07. The standard InChI is InChI=1S/C14H15BrOS/c1-3-5-9(2)13(16)11-8-17-14-10(11)6-4-7-12(14)15/h4,6-9H,3,5H2,1-2H3. The number of hydrogen-bond donors (Lipinski definition) is 0. The molecule has 1 heterocycles. The number of benzene rings is 1. The molecule has 1 unspecified atom stereocenters. The summed E-state index contributed by atoms with van der Waals surface area (Å²) >= 11 is 5.16. The fourth-order valence-electron chi connectivity index (χ4n) is 2.04. The Labute approximate surface area is 114 Å². The van der Waals surface area contributed by atoms with E-state index < -0.39 is 0 Å². The first kappa shape index (κ1) is 12.8. The van der Waals surface area contributed by atoms with Crippen molar-refractivity contribution in [2.45, 2.75) is 26.7 Å². The van der Waals surface area contributed by atoms with Crippen LogP contribution < -0.4 is 0 Å². The molecule has 1 nitrogen and oxygen atoms in total. The number of thiophene rings is 1. The third kappa shape index (κ3) is 2.45. The number of halogens is 1. The predicted molar refractivity (Wildman–Crippen MR) is 77.9 cm³/mol. The lowest BCUT2D eigenvalue weighted by atomic mass is 9.95. The van der Waals surface area contributed by atoms with E-state index in [0.717, 1.165) is 28.3 Å². The number of ketones is 1. The molecule has 0 saturated heterocycles. The number of fused-ring (bicyclic) bond motifs is 1. The topological polar surface area (TPSA) is 17.1 Å². The van der Waals surface area contributed by atoms with Crippen molar-refractivity contribution in [3.8, 4) is 0 Å². The fraction of sp³-hybridized carbons (Fsp3) is 0.357. The van der Waals surface area contributed by atoms with E-state index in [0.29, 0.717) is 0 Å². The molecule has 0 amide bonds. The minimum Gasteiger partial charge on any atom is -0.294 e. The Bertz CT molecular complexity index is 544. The monoisotopic (exact) mass is 310 g/mol. The van der Waals surface area contributed by atoms with E-state index in [2.05, 4.69) is 22.9 Å². The second kappa shape index (κ2) is 5.32. The van der Waals surface area contributed by atoms with Gasteiger partial charge in [-0.15, -0.1) is 11.3 Å². The van der Waals surface area contributed by atoms with Gasteiger partial charge in [-0.1, -0.05) is 32.4 Å². The molecule has 2 rings (SSSR count). The van der Waals surface area contributed by atoms with Crippen molar-refractivity contribution in [3.05, 3.63) is 33.6 Å². The molecule has 0 bridgehead atoms.